The number of rotatable bonds is 7. The summed E-state index contributed by atoms with van der Waals surface area (Å²) in [5, 5.41) is 3.91. The zero-order valence-electron chi connectivity index (χ0n) is 12.2. The molecule has 1 atom stereocenters. The second-order valence-electron chi connectivity index (χ2n) is 4.95. The van der Waals surface area contributed by atoms with Crippen molar-refractivity contribution in [2.45, 2.75) is 30.8 Å². The normalized spacial score (nSPS) is 11.9. The van der Waals surface area contributed by atoms with E-state index in [1.807, 2.05) is 43.3 Å². The molecular weight excluding hydrogens is 280 g/mol. The zero-order chi connectivity index (χ0) is 14.9. The Morgan fingerprint density at radius 3 is 2.67 bits per heavy atom. The number of thioether (sulfide) groups is 1. The monoisotopic (exact) mass is 300 g/mol. The van der Waals surface area contributed by atoms with Crippen molar-refractivity contribution in [2.24, 2.45) is 0 Å². The molecule has 21 heavy (non-hydrogen) atoms. The van der Waals surface area contributed by atoms with Gasteiger partial charge in [0, 0.05) is 12.2 Å². The lowest BCUT2D eigenvalue weighted by Crippen LogP contribution is -2.34. The minimum Gasteiger partial charge on any atom is -0.353 e. The first-order valence-electron chi connectivity index (χ1n) is 7.11. The fraction of sp³-hybridized carbons (Fsp3) is 0.294. The summed E-state index contributed by atoms with van der Waals surface area (Å²) >= 11 is 1.46. The van der Waals surface area contributed by atoms with Crippen molar-refractivity contribution >= 4 is 17.7 Å². The van der Waals surface area contributed by atoms with E-state index in [1.54, 1.807) is 6.20 Å². The number of benzene rings is 1. The van der Waals surface area contributed by atoms with Gasteiger partial charge in [0.25, 0.3) is 0 Å². The maximum Gasteiger partial charge on any atom is 0.230 e. The highest BCUT2D eigenvalue weighted by atomic mass is 32.2. The van der Waals surface area contributed by atoms with Crippen LogP contribution in [0.1, 0.15) is 18.9 Å². The molecule has 1 heterocycles. The van der Waals surface area contributed by atoms with Crippen LogP contribution in [0.4, 0.5) is 0 Å². The molecule has 1 aromatic carbocycles. The van der Waals surface area contributed by atoms with Gasteiger partial charge in [-0.1, -0.05) is 48.2 Å². The Morgan fingerprint density at radius 1 is 1.19 bits per heavy atom. The summed E-state index contributed by atoms with van der Waals surface area (Å²) in [6, 6.07) is 16.2. The van der Waals surface area contributed by atoms with Crippen LogP contribution in [0.25, 0.3) is 0 Å². The molecule has 1 amide bonds. The summed E-state index contributed by atoms with van der Waals surface area (Å²) in [4.78, 5) is 16.1. The van der Waals surface area contributed by atoms with Crippen molar-refractivity contribution in [3.8, 4) is 0 Å². The van der Waals surface area contributed by atoms with Crippen molar-refractivity contribution in [1.29, 1.82) is 0 Å². The summed E-state index contributed by atoms with van der Waals surface area (Å²) in [6.45, 7) is 2.05. The molecule has 3 nitrogen and oxygen atoms in total. The maximum atomic E-state index is 11.9. The molecular formula is C17H20N2OS. The van der Waals surface area contributed by atoms with Gasteiger partial charge in [0.2, 0.25) is 5.91 Å². The van der Waals surface area contributed by atoms with E-state index in [2.05, 4.69) is 22.4 Å². The van der Waals surface area contributed by atoms with Crippen molar-refractivity contribution in [3.05, 3.63) is 60.3 Å². The Morgan fingerprint density at radius 2 is 1.95 bits per heavy atom. The minimum absolute atomic E-state index is 0.0613. The van der Waals surface area contributed by atoms with Crippen LogP contribution in [-0.4, -0.2) is 22.7 Å². The quantitative estimate of drug-likeness (QED) is 0.798. The van der Waals surface area contributed by atoms with Crippen LogP contribution in [0.5, 0.6) is 0 Å². The first-order valence-corrected chi connectivity index (χ1v) is 8.10. The van der Waals surface area contributed by atoms with Gasteiger partial charge in [-0.25, -0.2) is 4.98 Å². The van der Waals surface area contributed by atoms with Crippen LogP contribution >= 0.6 is 11.8 Å². The SMILES string of the molecule is C[C@H](CCc1ccccc1)NC(=O)CSc1ccccn1. The molecule has 1 aromatic heterocycles. The van der Waals surface area contributed by atoms with Crippen LogP contribution in [0.2, 0.25) is 0 Å². The van der Waals surface area contributed by atoms with Crippen molar-refractivity contribution in [1.82, 2.24) is 10.3 Å². The van der Waals surface area contributed by atoms with Crippen LogP contribution in [0.3, 0.4) is 0 Å². The Bertz CT molecular complexity index is 545. The summed E-state index contributed by atoms with van der Waals surface area (Å²) < 4.78 is 0. The number of aryl methyl sites for hydroxylation is 1. The summed E-state index contributed by atoms with van der Waals surface area (Å²) in [6.07, 6.45) is 3.67. The van der Waals surface area contributed by atoms with Crippen LogP contribution in [0, 0.1) is 0 Å². The number of nitrogens with zero attached hydrogens (tertiary/aromatic N) is 1. The van der Waals surface area contributed by atoms with Gasteiger partial charge in [0.05, 0.1) is 10.8 Å². The van der Waals surface area contributed by atoms with Gasteiger partial charge in [-0.05, 0) is 37.5 Å². The fourth-order valence-electron chi connectivity index (χ4n) is 1.99. The van der Waals surface area contributed by atoms with E-state index < -0.39 is 0 Å². The van der Waals surface area contributed by atoms with E-state index in [1.165, 1.54) is 17.3 Å². The van der Waals surface area contributed by atoms with Gasteiger partial charge in [-0.2, -0.15) is 0 Å². The third kappa shape index (κ3) is 6.00. The van der Waals surface area contributed by atoms with Crippen LogP contribution in [-0.2, 0) is 11.2 Å². The summed E-state index contributed by atoms with van der Waals surface area (Å²) in [5.41, 5.74) is 1.31. The molecule has 110 valence electrons. The summed E-state index contributed by atoms with van der Waals surface area (Å²) in [5.74, 6) is 0.471. The lowest BCUT2D eigenvalue weighted by molar-refractivity contribution is -0.119. The lowest BCUT2D eigenvalue weighted by atomic mass is 10.1. The molecule has 4 heteroatoms. The number of nitrogens with one attached hydrogen (secondary N) is 1. The molecule has 0 aliphatic rings. The predicted molar refractivity (Wildman–Crippen MR) is 87.3 cm³/mol. The van der Waals surface area contributed by atoms with E-state index in [0.717, 1.165) is 17.9 Å². The molecule has 0 unspecified atom stereocenters. The smallest absolute Gasteiger partial charge is 0.230 e. The molecule has 0 radical (unpaired) electrons. The third-order valence-corrected chi connectivity index (χ3v) is 4.05. The molecule has 0 spiro atoms. The Hall–Kier alpha value is -1.81. The summed E-state index contributed by atoms with van der Waals surface area (Å²) in [7, 11) is 0. The number of carbonyl (C=O) groups is 1. The van der Waals surface area contributed by atoms with Gasteiger partial charge in [0.1, 0.15) is 0 Å². The van der Waals surface area contributed by atoms with Crippen LogP contribution in [0.15, 0.2) is 59.8 Å². The molecule has 0 saturated carbocycles. The lowest BCUT2D eigenvalue weighted by Gasteiger charge is -2.13. The molecule has 2 aromatic rings. The number of hydrogen-bond acceptors (Lipinski definition) is 3. The average molecular weight is 300 g/mol. The average Bonchev–Trinajstić information content (AvgIpc) is 2.53. The second kappa shape index (κ2) is 8.47. The highest BCUT2D eigenvalue weighted by Gasteiger charge is 2.08. The van der Waals surface area contributed by atoms with E-state index in [4.69, 9.17) is 0 Å². The molecule has 0 aliphatic carbocycles. The highest BCUT2D eigenvalue weighted by molar-refractivity contribution is 7.99. The standard InChI is InChI=1S/C17H20N2OS/c1-14(10-11-15-7-3-2-4-8-15)19-16(20)13-21-17-9-5-6-12-18-17/h2-9,12,14H,10-11,13H2,1H3,(H,19,20)/t14-/m1/s1. The van der Waals surface area contributed by atoms with Crippen molar-refractivity contribution in [3.63, 3.8) is 0 Å². The largest absolute Gasteiger partial charge is 0.353 e. The van der Waals surface area contributed by atoms with Gasteiger partial charge < -0.3 is 5.32 Å². The molecule has 0 saturated heterocycles. The predicted octanol–water partition coefficient (Wildman–Crippen LogP) is 3.31. The number of amides is 1. The Labute approximate surface area is 130 Å². The fourth-order valence-corrected chi connectivity index (χ4v) is 2.66. The minimum atomic E-state index is 0.0613. The Balaban J connectivity index is 1.67. The van der Waals surface area contributed by atoms with Crippen molar-refractivity contribution in [2.75, 3.05) is 5.75 Å². The van der Waals surface area contributed by atoms with Gasteiger partial charge in [-0.15, -0.1) is 0 Å². The first-order chi connectivity index (χ1) is 10.2. The zero-order valence-corrected chi connectivity index (χ0v) is 13.0. The second-order valence-corrected chi connectivity index (χ2v) is 5.95. The molecule has 0 fully saturated rings. The van der Waals surface area contributed by atoms with Gasteiger partial charge in [0.15, 0.2) is 0 Å². The molecule has 0 aliphatic heterocycles. The number of pyridine rings is 1. The maximum absolute atomic E-state index is 11.9. The number of aromatic nitrogens is 1. The van der Waals surface area contributed by atoms with Gasteiger partial charge in [-0.3, -0.25) is 4.79 Å². The first kappa shape index (κ1) is 15.6. The molecule has 1 N–H and O–H groups in total. The Kier molecular flexibility index (Phi) is 6.28. The van der Waals surface area contributed by atoms with E-state index in [9.17, 15) is 4.79 Å². The third-order valence-electron chi connectivity index (χ3n) is 3.11. The number of hydrogen-bond donors (Lipinski definition) is 1. The molecule has 2 rings (SSSR count). The van der Waals surface area contributed by atoms with Crippen LogP contribution < -0.4 is 5.32 Å². The highest BCUT2D eigenvalue weighted by Crippen LogP contribution is 2.13. The van der Waals surface area contributed by atoms with Crippen molar-refractivity contribution < 1.29 is 4.79 Å². The van der Waals surface area contributed by atoms with Gasteiger partial charge >= 0.3 is 0 Å². The van der Waals surface area contributed by atoms with E-state index in [0.29, 0.717) is 5.75 Å². The van der Waals surface area contributed by atoms with E-state index >= 15 is 0 Å². The van der Waals surface area contributed by atoms with E-state index in [-0.39, 0.29) is 11.9 Å². The number of carbonyl (C=O) groups excluding carboxylic acids is 1. The molecule has 0 bridgehead atoms. The topological polar surface area (TPSA) is 42.0 Å².